The second-order valence-electron chi connectivity index (χ2n) is 9.82. The van der Waals surface area contributed by atoms with E-state index in [0.29, 0.717) is 22.8 Å². The summed E-state index contributed by atoms with van der Waals surface area (Å²) in [6.07, 6.45) is 1.21. The number of benzene rings is 3. The van der Waals surface area contributed by atoms with E-state index in [4.69, 9.17) is 4.74 Å². The molecule has 0 aliphatic heterocycles. The molecule has 14 heteroatoms. The van der Waals surface area contributed by atoms with Crippen molar-refractivity contribution in [2.45, 2.75) is 18.2 Å². The van der Waals surface area contributed by atoms with E-state index in [0.717, 1.165) is 29.4 Å². The molecule has 0 saturated heterocycles. The number of amides is 1. The van der Waals surface area contributed by atoms with E-state index in [-0.39, 0.29) is 34.5 Å². The predicted octanol–water partition coefficient (Wildman–Crippen LogP) is 5.14. The van der Waals surface area contributed by atoms with Crippen LogP contribution < -0.4 is 20.3 Å². The van der Waals surface area contributed by atoms with Gasteiger partial charge in [0.15, 0.2) is 9.84 Å². The molecule has 0 aliphatic carbocycles. The third-order valence-electron chi connectivity index (χ3n) is 7.00. The second-order valence-corrected chi connectivity index (χ2v) is 12.1. The van der Waals surface area contributed by atoms with Gasteiger partial charge in [0, 0.05) is 31.5 Å². The number of methoxy groups -OCH3 is 1. The Kier molecular flexibility index (Phi) is 8.45. The molecular weight excluding hydrogens is 592 g/mol. The van der Waals surface area contributed by atoms with E-state index in [9.17, 15) is 22.0 Å². The SMILES string of the molecule is CCS(=O)(=O)c1ccc(OC)c(Nc2nccc(N(C)c3ccc4c(c3)nc(NC(=O)Cc3cc(F)ccc3F)n4C)n2)c1. The first-order valence-corrected chi connectivity index (χ1v) is 15.1. The zero-order valence-electron chi connectivity index (χ0n) is 24.3. The fraction of sp³-hybridized carbons (Fsp3) is 0.200. The summed E-state index contributed by atoms with van der Waals surface area (Å²) in [5, 5.41) is 5.72. The summed E-state index contributed by atoms with van der Waals surface area (Å²) in [7, 11) is 1.57. The number of anilines is 5. The van der Waals surface area contributed by atoms with E-state index >= 15 is 0 Å². The van der Waals surface area contributed by atoms with Gasteiger partial charge in [0.05, 0.1) is 40.9 Å². The maximum atomic E-state index is 14.0. The third kappa shape index (κ3) is 6.29. The van der Waals surface area contributed by atoms with Crippen molar-refractivity contribution in [2.24, 2.45) is 7.05 Å². The zero-order chi connectivity index (χ0) is 31.6. The molecule has 1 amide bonds. The van der Waals surface area contributed by atoms with Crippen LogP contribution in [0.2, 0.25) is 0 Å². The maximum Gasteiger partial charge on any atom is 0.231 e. The highest BCUT2D eigenvalue weighted by Gasteiger charge is 2.18. The smallest absolute Gasteiger partial charge is 0.231 e. The fourth-order valence-corrected chi connectivity index (χ4v) is 5.43. The van der Waals surface area contributed by atoms with Gasteiger partial charge >= 0.3 is 0 Å². The summed E-state index contributed by atoms with van der Waals surface area (Å²) in [6.45, 7) is 1.58. The lowest BCUT2D eigenvalue weighted by Gasteiger charge is -2.19. The molecule has 0 saturated carbocycles. The molecule has 5 rings (SSSR count). The van der Waals surface area contributed by atoms with Crippen LogP contribution in [0, 0.1) is 11.6 Å². The Balaban J connectivity index is 1.36. The summed E-state index contributed by atoms with van der Waals surface area (Å²) < 4.78 is 59.4. The molecule has 0 bridgehead atoms. The van der Waals surface area contributed by atoms with E-state index in [1.165, 1.54) is 19.2 Å². The first-order chi connectivity index (χ1) is 21.0. The average molecular weight is 622 g/mol. The van der Waals surface area contributed by atoms with Crippen molar-refractivity contribution in [3.63, 3.8) is 0 Å². The van der Waals surface area contributed by atoms with E-state index in [1.54, 1.807) is 41.8 Å². The van der Waals surface area contributed by atoms with E-state index in [2.05, 4.69) is 25.6 Å². The minimum absolute atomic E-state index is 0.0427. The Morgan fingerprint density at radius 2 is 1.84 bits per heavy atom. The molecule has 0 spiro atoms. The molecule has 0 atom stereocenters. The highest BCUT2D eigenvalue weighted by atomic mass is 32.2. The van der Waals surface area contributed by atoms with Crippen LogP contribution in [-0.4, -0.2) is 53.8 Å². The fourth-order valence-electron chi connectivity index (χ4n) is 4.52. The van der Waals surface area contributed by atoms with Gasteiger partial charge in [-0.3, -0.25) is 10.1 Å². The molecule has 11 nitrogen and oxygen atoms in total. The molecule has 0 unspecified atom stereocenters. The number of nitrogens with zero attached hydrogens (tertiary/aromatic N) is 5. The highest BCUT2D eigenvalue weighted by Crippen LogP contribution is 2.31. The van der Waals surface area contributed by atoms with E-state index in [1.807, 2.05) is 25.2 Å². The van der Waals surface area contributed by atoms with Crippen LogP contribution in [0.5, 0.6) is 5.75 Å². The van der Waals surface area contributed by atoms with Gasteiger partial charge in [0.1, 0.15) is 23.2 Å². The number of rotatable bonds is 10. The Bertz CT molecular complexity index is 1980. The number of aromatic nitrogens is 4. The molecule has 0 fully saturated rings. The number of hydrogen-bond donors (Lipinski definition) is 2. The Hall–Kier alpha value is -5.11. The summed E-state index contributed by atoms with van der Waals surface area (Å²) in [6, 6.07) is 14.7. The van der Waals surface area contributed by atoms with Crippen molar-refractivity contribution in [1.82, 2.24) is 19.5 Å². The summed E-state index contributed by atoms with van der Waals surface area (Å²) in [5.41, 5.74) is 2.38. The normalized spacial score (nSPS) is 11.4. The van der Waals surface area contributed by atoms with Crippen LogP contribution in [-0.2, 0) is 28.1 Å². The lowest BCUT2D eigenvalue weighted by molar-refractivity contribution is -0.115. The van der Waals surface area contributed by atoms with Gasteiger partial charge in [0.25, 0.3) is 0 Å². The standard InChI is InChI=1S/C30H29F2N7O4S/c1-5-44(41,42)21-8-11-26(43-4)24(17-21)34-29-33-13-12-27(36-29)38(2)20-7-10-25-23(16-20)35-30(39(25)3)37-28(40)15-18-14-19(31)6-9-22(18)32/h6-14,16-17H,5,15H2,1-4H3,(H,33,34,36)(H,35,37,40). The molecule has 3 aromatic carbocycles. The number of fused-ring (bicyclic) bond motifs is 1. The van der Waals surface area contributed by atoms with Crippen LogP contribution in [0.15, 0.2) is 71.8 Å². The summed E-state index contributed by atoms with van der Waals surface area (Å²) >= 11 is 0. The Morgan fingerprint density at radius 3 is 2.59 bits per heavy atom. The number of hydrogen-bond acceptors (Lipinski definition) is 9. The van der Waals surface area contributed by atoms with Gasteiger partial charge in [-0.15, -0.1) is 0 Å². The first-order valence-electron chi connectivity index (χ1n) is 13.4. The van der Waals surface area contributed by atoms with Crippen molar-refractivity contribution >= 4 is 55.9 Å². The average Bonchev–Trinajstić information content (AvgIpc) is 3.32. The maximum absolute atomic E-state index is 14.0. The molecular formula is C30H29F2N7O4S. The molecule has 228 valence electrons. The van der Waals surface area contributed by atoms with Crippen molar-refractivity contribution in [1.29, 1.82) is 0 Å². The number of ether oxygens (including phenoxy) is 1. The first kappa shape index (κ1) is 30.4. The molecule has 5 aromatic rings. The minimum atomic E-state index is -3.44. The second kappa shape index (κ2) is 12.2. The number of halogens is 2. The Labute approximate surface area is 252 Å². The number of nitrogens with one attached hydrogen (secondary N) is 2. The van der Waals surface area contributed by atoms with E-state index < -0.39 is 27.4 Å². The van der Waals surface area contributed by atoms with Crippen LogP contribution >= 0.6 is 0 Å². The van der Waals surface area contributed by atoms with Crippen LogP contribution in [0.3, 0.4) is 0 Å². The van der Waals surface area contributed by atoms with Crippen LogP contribution in [0.4, 0.5) is 37.9 Å². The number of carbonyl (C=O) groups excluding carboxylic acids is 1. The number of sulfone groups is 1. The van der Waals surface area contributed by atoms with Crippen molar-refractivity contribution in [3.8, 4) is 5.75 Å². The third-order valence-corrected chi connectivity index (χ3v) is 8.74. The lowest BCUT2D eigenvalue weighted by atomic mass is 10.1. The molecule has 2 heterocycles. The van der Waals surface area contributed by atoms with Gasteiger partial charge in [-0.1, -0.05) is 6.92 Å². The van der Waals surface area contributed by atoms with Crippen LogP contribution in [0.1, 0.15) is 12.5 Å². The number of aryl methyl sites for hydroxylation is 1. The monoisotopic (exact) mass is 621 g/mol. The largest absolute Gasteiger partial charge is 0.495 e. The molecule has 0 radical (unpaired) electrons. The molecule has 2 N–H and O–H groups in total. The number of imidazole rings is 1. The topological polar surface area (TPSA) is 131 Å². The number of carbonyl (C=O) groups is 1. The van der Waals surface area contributed by atoms with Gasteiger partial charge in [0.2, 0.25) is 17.8 Å². The molecule has 0 aliphatic rings. The summed E-state index contributed by atoms with van der Waals surface area (Å²) in [5.74, 6) is -0.462. The quantitative estimate of drug-likeness (QED) is 0.218. The lowest BCUT2D eigenvalue weighted by Crippen LogP contribution is -2.17. The van der Waals surface area contributed by atoms with Gasteiger partial charge in [-0.2, -0.15) is 4.98 Å². The van der Waals surface area contributed by atoms with Gasteiger partial charge < -0.3 is 19.5 Å². The summed E-state index contributed by atoms with van der Waals surface area (Å²) in [4.78, 5) is 27.9. The van der Waals surface area contributed by atoms with Gasteiger partial charge in [-0.05, 0) is 60.7 Å². The highest BCUT2D eigenvalue weighted by molar-refractivity contribution is 7.91. The van der Waals surface area contributed by atoms with Crippen molar-refractivity contribution in [3.05, 3.63) is 84.1 Å². The van der Waals surface area contributed by atoms with Crippen LogP contribution in [0.25, 0.3) is 11.0 Å². The minimum Gasteiger partial charge on any atom is -0.495 e. The predicted molar refractivity (Wildman–Crippen MR) is 164 cm³/mol. The van der Waals surface area contributed by atoms with Crippen molar-refractivity contribution < 1.29 is 26.7 Å². The van der Waals surface area contributed by atoms with Gasteiger partial charge in [-0.25, -0.2) is 27.2 Å². The van der Waals surface area contributed by atoms with Crippen molar-refractivity contribution in [2.75, 3.05) is 35.4 Å². The molecule has 2 aromatic heterocycles. The zero-order valence-corrected chi connectivity index (χ0v) is 25.1. The Morgan fingerprint density at radius 1 is 1.05 bits per heavy atom. The molecule has 44 heavy (non-hydrogen) atoms.